The maximum absolute atomic E-state index is 10.2. The maximum atomic E-state index is 10.2. The van der Waals surface area contributed by atoms with Crippen molar-refractivity contribution < 1.29 is 30.3 Å². The molecule has 0 aliphatic rings. The van der Waals surface area contributed by atoms with Crippen LogP contribution >= 0.6 is 0 Å². The number of nitrogens with two attached hydrogens (primary N) is 2. The second-order valence-electron chi connectivity index (χ2n) is 8.35. The first-order valence-electron chi connectivity index (χ1n) is 10.8. The molecule has 0 heterocycles. The predicted octanol–water partition coefficient (Wildman–Crippen LogP) is 0.777. The normalized spacial score (nSPS) is 13.5. The van der Waals surface area contributed by atoms with Gasteiger partial charge in [0.05, 0.1) is 12.1 Å². The van der Waals surface area contributed by atoms with Crippen LogP contribution in [0.2, 0.25) is 0 Å². The van der Waals surface area contributed by atoms with E-state index in [1.54, 1.807) is 0 Å². The van der Waals surface area contributed by atoms with E-state index in [9.17, 15) is 10.2 Å². The van der Waals surface area contributed by atoms with Gasteiger partial charge in [-0.3, -0.25) is 0 Å². The van der Waals surface area contributed by atoms with Gasteiger partial charge in [0, 0.05) is 11.1 Å². The van der Waals surface area contributed by atoms with Gasteiger partial charge in [-0.05, 0) is 39.8 Å². The molecule has 0 bridgehead atoms. The maximum Gasteiger partial charge on any atom is 0.137 e. The van der Waals surface area contributed by atoms with E-state index in [0.29, 0.717) is 36.7 Å². The van der Waals surface area contributed by atoms with Gasteiger partial charge in [0.1, 0.15) is 50.0 Å². The van der Waals surface area contributed by atoms with Crippen LogP contribution in [0.1, 0.15) is 27.7 Å². The van der Waals surface area contributed by atoms with E-state index in [4.69, 9.17) is 9.47 Å². The summed E-state index contributed by atoms with van der Waals surface area (Å²) in [6.07, 6.45) is -1.08. The summed E-state index contributed by atoms with van der Waals surface area (Å²) in [6.45, 7) is 10.0. The average molecular weight is 419 g/mol. The molecule has 6 nitrogen and oxygen atoms in total. The van der Waals surface area contributed by atoms with Gasteiger partial charge in [-0.15, -0.1) is 0 Å². The van der Waals surface area contributed by atoms with Crippen LogP contribution in [0.4, 0.5) is 0 Å². The minimum Gasteiger partial charge on any atom is -0.490 e. The summed E-state index contributed by atoms with van der Waals surface area (Å²) in [7, 11) is 0. The van der Waals surface area contributed by atoms with Crippen LogP contribution in [0.25, 0.3) is 11.1 Å². The van der Waals surface area contributed by atoms with E-state index < -0.39 is 12.2 Å². The lowest BCUT2D eigenvalue weighted by atomic mass is 10.0. The molecule has 0 unspecified atom stereocenters. The molecule has 2 rings (SSSR count). The zero-order valence-corrected chi connectivity index (χ0v) is 18.6. The minimum atomic E-state index is -0.542. The summed E-state index contributed by atoms with van der Waals surface area (Å²) in [4.78, 5) is 0. The molecule has 6 N–H and O–H groups in total. The molecule has 6 heteroatoms. The van der Waals surface area contributed by atoms with Crippen LogP contribution in [-0.2, 0) is 0 Å². The van der Waals surface area contributed by atoms with Crippen molar-refractivity contribution >= 4 is 0 Å². The fourth-order valence-corrected chi connectivity index (χ4v) is 3.00. The topological polar surface area (TPSA) is 92.1 Å². The van der Waals surface area contributed by atoms with Gasteiger partial charge in [-0.2, -0.15) is 0 Å². The van der Waals surface area contributed by atoms with Gasteiger partial charge in [0.15, 0.2) is 0 Å². The van der Waals surface area contributed by atoms with Gasteiger partial charge in [0.25, 0.3) is 0 Å². The molecule has 2 aromatic carbocycles. The van der Waals surface area contributed by atoms with E-state index in [-0.39, 0.29) is 13.2 Å². The van der Waals surface area contributed by atoms with Crippen molar-refractivity contribution in [2.75, 3.05) is 26.3 Å². The highest BCUT2D eigenvalue weighted by Crippen LogP contribution is 2.36. The summed E-state index contributed by atoms with van der Waals surface area (Å²) in [6, 6.07) is 16.4. The van der Waals surface area contributed by atoms with E-state index in [1.165, 1.54) is 0 Å². The highest BCUT2D eigenvalue weighted by molar-refractivity contribution is 5.75. The standard InChI is InChI=1S/C24H36N2O4/c1-17(2)25-13-19(27)15-29-23-11-7-5-9-21(23)22-10-6-8-12-24(22)30-16-20(28)14-26-18(3)4/h5-12,17-20,25-28H,13-16H2,1-4H3/p+2/t19-,20+. The predicted molar refractivity (Wildman–Crippen MR) is 119 cm³/mol. The number of benzene rings is 2. The first-order chi connectivity index (χ1) is 14.4. The largest absolute Gasteiger partial charge is 0.490 e. The fourth-order valence-electron chi connectivity index (χ4n) is 3.00. The lowest BCUT2D eigenvalue weighted by molar-refractivity contribution is -0.688. The highest BCUT2D eigenvalue weighted by atomic mass is 16.5. The summed E-state index contributed by atoms with van der Waals surface area (Å²) in [5.41, 5.74) is 1.80. The number of hydrogen-bond acceptors (Lipinski definition) is 4. The zero-order valence-electron chi connectivity index (χ0n) is 18.6. The van der Waals surface area contributed by atoms with Crippen molar-refractivity contribution in [1.29, 1.82) is 0 Å². The Bertz CT molecular complexity index is 688. The molecule has 0 radical (unpaired) electrons. The lowest BCUT2D eigenvalue weighted by Gasteiger charge is -2.18. The molecule has 0 saturated carbocycles. The summed E-state index contributed by atoms with van der Waals surface area (Å²) >= 11 is 0. The molecular weight excluding hydrogens is 380 g/mol. The molecule has 0 aliphatic carbocycles. The van der Waals surface area contributed by atoms with Crippen molar-refractivity contribution in [3.63, 3.8) is 0 Å². The Morgan fingerprint density at radius 2 is 1.03 bits per heavy atom. The van der Waals surface area contributed by atoms with Crippen LogP contribution in [-0.4, -0.2) is 60.8 Å². The molecule has 0 fully saturated rings. The van der Waals surface area contributed by atoms with Crippen molar-refractivity contribution in [2.45, 2.75) is 52.0 Å². The summed E-state index contributed by atoms with van der Waals surface area (Å²) < 4.78 is 11.9. The Morgan fingerprint density at radius 3 is 1.40 bits per heavy atom. The molecule has 0 spiro atoms. The quantitative estimate of drug-likeness (QED) is 0.387. The SMILES string of the molecule is CC(C)[NH2+]C[C@@H](O)COc1ccccc1-c1ccccc1OC[C@@H](O)C[NH2+]C(C)C. The number of para-hydroxylation sites is 2. The third-order valence-corrected chi connectivity index (χ3v) is 4.69. The average Bonchev–Trinajstić information content (AvgIpc) is 2.73. The first-order valence-corrected chi connectivity index (χ1v) is 10.8. The van der Waals surface area contributed by atoms with Crippen LogP contribution in [0.3, 0.4) is 0 Å². The van der Waals surface area contributed by atoms with Crippen molar-refractivity contribution in [3.05, 3.63) is 48.5 Å². The number of rotatable bonds is 13. The third kappa shape index (κ3) is 8.32. The van der Waals surface area contributed by atoms with Crippen LogP contribution in [0.15, 0.2) is 48.5 Å². The van der Waals surface area contributed by atoms with Gasteiger partial charge in [0.2, 0.25) is 0 Å². The molecule has 0 amide bonds. The Morgan fingerprint density at radius 1 is 0.667 bits per heavy atom. The first kappa shape index (κ1) is 24.2. The van der Waals surface area contributed by atoms with Gasteiger partial charge in [-0.25, -0.2) is 0 Å². The van der Waals surface area contributed by atoms with Crippen LogP contribution in [0, 0.1) is 0 Å². The van der Waals surface area contributed by atoms with Gasteiger partial charge >= 0.3 is 0 Å². The second-order valence-corrected chi connectivity index (χ2v) is 8.35. The third-order valence-electron chi connectivity index (χ3n) is 4.69. The molecule has 30 heavy (non-hydrogen) atoms. The van der Waals surface area contributed by atoms with Crippen molar-refractivity contribution in [1.82, 2.24) is 0 Å². The number of ether oxygens (including phenoxy) is 2. The van der Waals surface area contributed by atoms with E-state index >= 15 is 0 Å². The highest BCUT2D eigenvalue weighted by Gasteiger charge is 2.15. The molecule has 2 aromatic rings. The summed E-state index contributed by atoms with van der Waals surface area (Å²) in [5.74, 6) is 1.40. The monoisotopic (exact) mass is 418 g/mol. The Hall–Kier alpha value is -2.12. The van der Waals surface area contributed by atoms with Gasteiger partial charge < -0.3 is 30.3 Å². The lowest BCUT2D eigenvalue weighted by Crippen LogP contribution is -2.90. The van der Waals surface area contributed by atoms with Crippen LogP contribution < -0.4 is 20.1 Å². The zero-order chi connectivity index (χ0) is 21.9. The Kier molecular flexibility index (Phi) is 10.1. The van der Waals surface area contributed by atoms with Gasteiger partial charge in [-0.1, -0.05) is 36.4 Å². The Balaban J connectivity index is 2.07. The molecule has 2 atom stereocenters. The van der Waals surface area contributed by atoms with E-state index in [1.807, 2.05) is 48.5 Å². The minimum absolute atomic E-state index is 0.229. The Labute approximate surface area is 180 Å². The molecular formula is C24H38N2O4+2. The van der Waals surface area contributed by atoms with E-state index in [0.717, 1.165) is 11.1 Å². The number of quaternary nitrogens is 2. The van der Waals surface area contributed by atoms with Crippen LogP contribution in [0.5, 0.6) is 11.5 Å². The molecule has 166 valence electrons. The molecule has 0 aliphatic heterocycles. The molecule has 0 aromatic heterocycles. The summed E-state index contributed by atoms with van der Waals surface area (Å²) in [5, 5.41) is 24.6. The number of aliphatic hydroxyl groups is 2. The van der Waals surface area contributed by atoms with Crippen molar-refractivity contribution in [2.24, 2.45) is 0 Å². The number of aliphatic hydroxyl groups excluding tert-OH is 2. The second kappa shape index (κ2) is 12.5. The number of hydrogen-bond donors (Lipinski definition) is 4. The molecule has 0 saturated heterocycles. The fraction of sp³-hybridized carbons (Fsp3) is 0.500. The smallest absolute Gasteiger partial charge is 0.137 e. The van der Waals surface area contributed by atoms with Crippen molar-refractivity contribution in [3.8, 4) is 22.6 Å². The van der Waals surface area contributed by atoms with E-state index in [2.05, 4.69) is 38.3 Å².